The first kappa shape index (κ1) is 17.7. The molecule has 27 heavy (non-hydrogen) atoms. The maximum atomic E-state index is 14.2. The number of hydrogen-bond donors (Lipinski definition) is 0. The molecular formula is C22H24FN3O. The molecule has 0 bridgehead atoms. The summed E-state index contributed by atoms with van der Waals surface area (Å²) in [6, 6.07) is 14.6. The first-order valence-electron chi connectivity index (χ1n) is 9.69. The summed E-state index contributed by atoms with van der Waals surface area (Å²) < 4.78 is 16.4. The number of aryl methyl sites for hydroxylation is 1. The molecule has 1 aliphatic heterocycles. The smallest absolute Gasteiger partial charge is 0.227 e. The number of carbonyl (C=O) groups is 1. The predicted molar refractivity (Wildman–Crippen MR) is 105 cm³/mol. The van der Waals surface area contributed by atoms with Crippen LogP contribution in [0.1, 0.15) is 44.3 Å². The Morgan fingerprint density at radius 1 is 1.11 bits per heavy atom. The van der Waals surface area contributed by atoms with Crippen molar-refractivity contribution in [1.82, 2.24) is 9.55 Å². The monoisotopic (exact) mass is 365 g/mol. The van der Waals surface area contributed by atoms with E-state index in [2.05, 4.69) is 17.6 Å². The summed E-state index contributed by atoms with van der Waals surface area (Å²) in [6.07, 6.45) is 3.77. The summed E-state index contributed by atoms with van der Waals surface area (Å²) in [5, 5.41) is 0. The topological polar surface area (TPSA) is 38.1 Å². The molecule has 1 saturated heterocycles. The third-order valence-corrected chi connectivity index (χ3v) is 5.30. The Balaban J connectivity index is 1.67. The quantitative estimate of drug-likeness (QED) is 0.584. The Hall–Kier alpha value is -2.69. The van der Waals surface area contributed by atoms with Gasteiger partial charge in [-0.05, 0) is 30.7 Å². The molecule has 140 valence electrons. The number of imidazole rings is 1. The Morgan fingerprint density at radius 3 is 2.70 bits per heavy atom. The summed E-state index contributed by atoms with van der Waals surface area (Å²) in [5.74, 6) is 0.519. The lowest BCUT2D eigenvalue weighted by molar-refractivity contribution is -0.117. The van der Waals surface area contributed by atoms with Crippen molar-refractivity contribution in [3.8, 4) is 0 Å². The molecule has 2 aromatic carbocycles. The van der Waals surface area contributed by atoms with Gasteiger partial charge in [0.2, 0.25) is 5.91 Å². The van der Waals surface area contributed by atoms with E-state index in [1.54, 1.807) is 23.1 Å². The molecule has 0 spiro atoms. The highest BCUT2D eigenvalue weighted by molar-refractivity contribution is 5.96. The van der Waals surface area contributed by atoms with Gasteiger partial charge in [0, 0.05) is 25.4 Å². The predicted octanol–water partition coefficient (Wildman–Crippen LogP) is 4.89. The molecule has 4 nitrogen and oxygen atoms in total. The minimum absolute atomic E-state index is 0.0221. The fourth-order valence-electron chi connectivity index (χ4n) is 3.94. The summed E-state index contributed by atoms with van der Waals surface area (Å²) in [7, 11) is 0. The highest BCUT2D eigenvalue weighted by Gasteiger charge is 2.35. The molecule has 0 unspecified atom stereocenters. The van der Waals surface area contributed by atoms with Crippen molar-refractivity contribution in [3.63, 3.8) is 0 Å². The van der Waals surface area contributed by atoms with Crippen LogP contribution in [0.2, 0.25) is 0 Å². The number of fused-ring (bicyclic) bond motifs is 1. The summed E-state index contributed by atoms with van der Waals surface area (Å²) in [5.41, 5.74) is 2.43. The summed E-state index contributed by atoms with van der Waals surface area (Å²) in [4.78, 5) is 19.0. The fraction of sp³-hybridized carbons (Fsp3) is 0.364. The van der Waals surface area contributed by atoms with Crippen LogP contribution in [0.5, 0.6) is 0 Å². The number of anilines is 1. The van der Waals surface area contributed by atoms with Crippen LogP contribution >= 0.6 is 0 Å². The van der Waals surface area contributed by atoms with Crippen LogP contribution in [0, 0.1) is 5.82 Å². The molecule has 0 aliphatic carbocycles. The second kappa shape index (κ2) is 7.51. The SMILES string of the molecule is CCCCCn1c([C@H]2CC(=O)N(c3ccccc3F)C2)nc2ccccc21. The number of rotatable bonds is 6. The van der Waals surface area contributed by atoms with Crippen molar-refractivity contribution in [3.05, 3.63) is 60.2 Å². The van der Waals surface area contributed by atoms with Crippen molar-refractivity contribution in [2.24, 2.45) is 0 Å². The number of amides is 1. The third kappa shape index (κ3) is 3.34. The fourth-order valence-corrected chi connectivity index (χ4v) is 3.94. The van der Waals surface area contributed by atoms with Crippen molar-refractivity contribution in [1.29, 1.82) is 0 Å². The van der Waals surface area contributed by atoms with E-state index in [1.165, 1.54) is 6.07 Å². The average molecular weight is 365 g/mol. The maximum Gasteiger partial charge on any atom is 0.227 e. The highest BCUT2D eigenvalue weighted by atomic mass is 19.1. The Bertz CT molecular complexity index is 965. The largest absolute Gasteiger partial charge is 0.328 e. The minimum Gasteiger partial charge on any atom is -0.328 e. The third-order valence-electron chi connectivity index (χ3n) is 5.30. The van der Waals surface area contributed by atoms with Crippen molar-refractivity contribution in [2.45, 2.75) is 45.1 Å². The van der Waals surface area contributed by atoms with Gasteiger partial charge >= 0.3 is 0 Å². The first-order chi connectivity index (χ1) is 13.2. The molecule has 0 saturated carbocycles. The van der Waals surface area contributed by atoms with Crippen LogP contribution in [-0.2, 0) is 11.3 Å². The zero-order chi connectivity index (χ0) is 18.8. The van der Waals surface area contributed by atoms with E-state index in [-0.39, 0.29) is 17.6 Å². The van der Waals surface area contributed by atoms with E-state index in [1.807, 2.05) is 18.2 Å². The average Bonchev–Trinajstić information content (AvgIpc) is 3.23. The zero-order valence-corrected chi connectivity index (χ0v) is 15.6. The molecule has 1 fully saturated rings. The minimum atomic E-state index is -0.358. The standard InChI is InChI=1S/C22H24FN3O/c1-2-3-8-13-25-20-12-7-5-10-18(20)24-22(25)16-14-21(27)26(15-16)19-11-6-4-9-17(19)23/h4-7,9-12,16H,2-3,8,13-15H2,1H3/t16-/m0/s1. The summed E-state index contributed by atoms with van der Waals surface area (Å²) >= 11 is 0. The number of nitrogens with zero attached hydrogens (tertiary/aromatic N) is 3. The van der Waals surface area contributed by atoms with Crippen molar-refractivity contribution >= 4 is 22.6 Å². The van der Waals surface area contributed by atoms with Gasteiger partial charge in [-0.1, -0.05) is 44.0 Å². The Labute approximate surface area is 158 Å². The molecular weight excluding hydrogens is 341 g/mol. The molecule has 1 atom stereocenters. The lowest BCUT2D eigenvalue weighted by atomic mass is 10.1. The number of aromatic nitrogens is 2. The van der Waals surface area contributed by atoms with Gasteiger partial charge in [0.25, 0.3) is 0 Å². The van der Waals surface area contributed by atoms with Gasteiger partial charge in [-0.25, -0.2) is 9.37 Å². The summed E-state index contributed by atoms with van der Waals surface area (Å²) in [6.45, 7) is 3.56. The van der Waals surface area contributed by atoms with Crippen LogP contribution in [0.15, 0.2) is 48.5 Å². The van der Waals surface area contributed by atoms with Gasteiger partial charge in [0.05, 0.1) is 16.7 Å². The number of halogens is 1. The van der Waals surface area contributed by atoms with E-state index in [0.717, 1.165) is 42.7 Å². The van der Waals surface area contributed by atoms with Gasteiger partial charge in [-0.15, -0.1) is 0 Å². The second-order valence-corrected chi connectivity index (χ2v) is 7.17. The number of benzene rings is 2. The Kier molecular flexibility index (Phi) is 4.92. The molecule has 3 aromatic rings. The molecule has 1 aromatic heterocycles. The van der Waals surface area contributed by atoms with Crippen LogP contribution in [0.4, 0.5) is 10.1 Å². The van der Waals surface area contributed by atoms with E-state index in [9.17, 15) is 9.18 Å². The van der Waals surface area contributed by atoms with Gasteiger partial charge in [0.1, 0.15) is 11.6 Å². The molecule has 1 aliphatic rings. The number of unbranched alkanes of at least 4 members (excludes halogenated alkanes) is 2. The molecule has 2 heterocycles. The van der Waals surface area contributed by atoms with Crippen molar-refractivity contribution < 1.29 is 9.18 Å². The molecule has 4 rings (SSSR count). The normalized spacial score (nSPS) is 17.2. The lowest BCUT2D eigenvalue weighted by Crippen LogP contribution is -2.25. The first-order valence-corrected chi connectivity index (χ1v) is 9.69. The number of hydrogen-bond acceptors (Lipinski definition) is 2. The van der Waals surface area contributed by atoms with E-state index >= 15 is 0 Å². The molecule has 0 radical (unpaired) electrons. The van der Waals surface area contributed by atoms with Gasteiger partial charge in [-0.2, -0.15) is 0 Å². The van der Waals surface area contributed by atoms with Crippen LogP contribution in [0.25, 0.3) is 11.0 Å². The van der Waals surface area contributed by atoms with Crippen LogP contribution in [0.3, 0.4) is 0 Å². The van der Waals surface area contributed by atoms with Gasteiger partial charge < -0.3 is 9.47 Å². The van der Waals surface area contributed by atoms with E-state index < -0.39 is 0 Å². The van der Waals surface area contributed by atoms with Crippen LogP contribution in [-0.4, -0.2) is 22.0 Å². The lowest BCUT2D eigenvalue weighted by Gasteiger charge is -2.18. The van der Waals surface area contributed by atoms with Crippen molar-refractivity contribution in [2.75, 3.05) is 11.4 Å². The molecule has 0 N–H and O–H groups in total. The van der Waals surface area contributed by atoms with Gasteiger partial charge in [0.15, 0.2) is 0 Å². The second-order valence-electron chi connectivity index (χ2n) is 7.17. The zero-order valence-electron chi connectivity index (χ0n) is 15.6. The van der Waals surface area contributed by atoms with Crippen LogP contribution < -0.4 is 4.90 Å². The maximum absolute atomic E-state index is 14.2. The molecule has 1 amide bonds. The molecule has 5 heteroatoms. The van der Waals surface area contributed by atoms with E-state index in [4.69, 9.17) is 4.98 Å². The Morgan fingerprint density at radius 2 is 1.89 bits per heavy atom. The number of para-hydroxylation sites is 3. The highest BCUT2D eigenvalue weighted by Crippen LogP contribution is 2.34. The number of carbonyl (C=O) groups excluding carboxylic acids is 1. The van der Waals surface area contributed by atoms with Gasteiger partial charge in [-0.3, -0.25) is 4.79 Å². The van der Waals surface area contributed by atoms with E-state index in [0.29, 0.717) is 18.7 Å².